The number of nitrogen functional groups attached to an aromatic ring is 1. The molecule has 1 amide bonds. The molecular weight excluding hydrogens is 511 g/mol. The minimum Gasteiger partial charge on any atom is -0.365 e. The Morgan fingerprint density at radius 1 is 1.08 bits per heavy atom. The smallest absolute Gasteiger partial charge is 0.283 e. The first-order valence-electron chi connectivity index (χ1n) is 11.0. The lowest BCUT2D eigenvalue weighted by Crippen LogP contribution is -2.30. The molecule has 0 spiro atoms. The maximum absolute atomic E-state index is 12.0. The molecule has 5 rings (SSSR count). The van der Waals surface area contributed by atoms with Gasteiger partial charge in [-0.1, -0.05) is 47.5 Å². The van der Waals surface area contributed by atoms with Crippen molar-refractivity contribution in [3.63, 3.8) is 0 Å². The summed E-state index contributed by atoms with van der Waals surface area (Å²) < 4.78 is 1.57. The number of rotatable bonds is 6. The number of nitriles is 1. The number of anilines is 1. The predicted octanol–water partition coefficient (Wildman–Crippen LogP) is 4.88. The van der Waals surface area contributed by atoms with E-state index in [9.17, 15) is 10.1 Å². The number of hydrogen-bond acceptors (Lipinski definition) is 7. The van der Waals surface area contributed by atoms with E-state index in [0.29, 0.717) is 55.8 Å². The van der Waals surface area contributed by atoms with Crippen LogP contribution in [0.4, 0.5) is 5.82 Å². The number of halogens is 2. The summed E-state index contributed by atoms with van der Waals surface area (Å²) in [7, 11) is 0. The molecule has 0 aliphatic rings. The summed E-state index contributed by atoms with van der Waals surface area (Å²) in [5.74, 6) is 5.19. The summed E-state index contributed by atoms with van der Waals surface area (Å²) in [5.41, 5.74) is 5.58. The number of fused-ring (bicyclic) bond motifs is 1. The number of carbonyl (C=O) groups is 1. The molecule has 0 atom stereocenters. The Morgan fingerprint density at radius 3 is 2.68 bits per heavy atom. The minimum atomic E-state index is -0.508. The Labute approximate surface area is 221 Å². The highest BCUT2D eigenvalue weighted by molar-refractivity contribution is 6.43. The van der Waals surface area contributed by atoms with Crippen LogP contribution in [-0.2, 0) is 6.54 Å². The second-order valence-electron chi connectivity index (χ2n) is 7.93. The molecule has 4 N–H and O–H groups in total. The van der Waals surface area contributed by atoms with Gasteiger partial charge in [0.05, 0.1) is 21.2 Å². The molecule has 37 heavy (non-hydrogen) atoms. The van der Waals surface area contributed by atoms with Crippen molar-refractivity contribution in [3.8, 4) is 23.0 Å². The molecule has 9 nitrogen and oxygen atoms in total. The maximum atomic E-state index is 12.0. The van der Waals surface area contributed by atoms with E-state index in [2.05, 4.69) is 26.8 Å². The van der Waals surface area contributed by atoms with Crippen molar-refractivity contribution in [2.75, 3.05) is 5.32 Å². The van der Waals surface area contributed by atoms with Crippen molar-refractivity contribution < 1.29 is 4.79 Å². The van der Waals surface area contributed by atoms with Crippen LogP contribution < -0.4 is 16.6 Å². The van der Waals surface area contributed by atoms with Gasteiger partial charge in [0.1, 0.15) is 28.8 Å². The van der Waals surface area contributed by atoms with Gasteiger partial charge in [-0.05, 0) is 42.0 Å². The van der Waals surface area contributed by atoms with Gasteiger partial charge in [0.2, 0.25) is 0 Å². The summed E-state index contributed by atoms with van der Waals surface area (Å²) in [4.78, 5) is 20.5. The Bertz CT molecular complexity index is 1680. The van der Waals surface area contributed by atoms with Crippen molar-refractivity contribution >= 4 is 45.8 Å². The first-order chi connectivity index (χ1) is 18.0. The third kappa shape index (κ3) is 4.57. The summed E-state index contributed by atoms with van der Waals surface area (Å²) >= 11 is 12.9. The minimum absolute atomic E-state index is 0.169. The zero-order valence-corrected chi connectivity index (χ0v) is 20.6. The molecule has 0 saturated carbocycles. The fourth-order valence-corrected chi connectivity index (χ4v) is 4.33. The molecule has 0 aliphatic heterocycles. The molecule has 2 aromatic carbocycles. The van der Waals surface area contributed by atoms with Crippen LogP contribution >= 0.6 is 23.2 Å². The third-order valence-corrected chi connectivity index (χ3v) is 6.50. The number of nitrogens with zero attached hydrogens (tertiary/aromatic N) is 5. The molecule has 3 aromatic heterocycles. The standard InChI is InChI=1S/C26H18Cl2N8O/c27-19-6-2-8-22(23(19)28)36-25(32-14-15-4-3-11-31-13-15)18(12-29)24(35-36)17-5-1-7-20-16(17)9-10-21(33-20)26(37)34-30/h1-11,13,32H,14,30H2,(H,34,37). The summed E-state index contributed by atoms with van der Waals surface area (Å²) in [6.07, 6.45) is 3.42. The number of carbonyl (C=O) groups excluding carboxylic acids is 1. The van der Waals surface area contributed by atoms with E-state index in [0.717, 1.165) is 5.56 Å². The third-order valence-electron chi connectivity index (χ3n) is 5.69. The maximum Gasteiger partial charge on any atom is 0.283 e. The Balaban J connectivity index is 1.71. The first kappa shape index (κ1) is 24.2. The molecule has 5 aromatic rings. The molecule has 0 saturated heterocycles. The van der Waals surface area contributed by atoms with Gasteiger partial charge in [0.25, 0.3) is 5.91 Å². The number of hydrogen-bond donors (Lipinski definition) is 3. The van der Waals surface area contributed by atoms with Crippen LogP contribution in [0.25, 0.3) is 27.8 Å². The van der Waals surface area contributed by atoms with Crippen LogP contribution in [0.3, 0.4) is 0 Å². The van der Waals surface area contributed by atoms with Gasteiger partial charge in [-0.2, -0.15) is 10.4 Å². The molecule has 0 fully saturated rings. The second kappa shape index (κ2) is 10.2. The van der Waals surface area contributed by atoms with Crippen molar-refractivity contribution in [1.82, 2.24) is 25.2 Å². The first-order valence-corrected chi connectivity index (χ1v) is 11.8. The highest BCUT2D eigenvalue weighted by Gasteiger charge is 2.23. The predicted molar refractivity (Wildman–Crippen MR) is 142 cm³/mol. The van der Waals surface area contributed by atoms with E-state index in [4.69, 9.17) is 34.1 Å². The number of aromatic nitrogens is 4. The lowest BCUT2D eigenvalue weighted by atomic mass is 10.0. The molecule has 3 heterocycles. The van der Waals surface area contributed by atoms with Gasteiger partial charge in [-0.25, -0.2) is 15.5 Å². The van der Waals surface area contributed by atoms with Crippen molar-refractivity contribution in [2.24, 2.45) is 5.84 Å². The van der Waals surface area contributed by atoms with Gasteiger partial charge in [-0.3, -0.25) is 15.2 Å². The van der Waals surface area contributed by atoms with Crippen LogP contribution in [-0.4, -0.2) is 25.7 Å². The second-order valence-corrected chi connectivity index (χ2v) is 8.71. The van der Waals surface area contributed by atoms with E-state index in [1.54, 1.807) is 59.5 Å². The number of hydrazine groups is 1. The van der Waals surface area contributed by atoms with Gasteiger partial charge in [-0.15, -0.1) is 0 Å². The Morgan fingerprint density at radius 2 is 1.92 bits per heavy atom. The van der Waals surface area contributed by atoms with Gasteiger partial charge >= 0.3 is 0 Å². The highest BCUT2D eigenvalue weighted by atomic mass is 35.5. The van der Waals surface area contributed by atoms with E-state index in [1.165, 1.54) is 0 Å². The fraction of sp³-hybridized carbons (Fsp3) is 0.0385. The molecule has 0 unspecified atom stereocenters. The monoisotopic (exact) mass is 528 g/mol. The molecular formula is C26H18Cl2N8O. The molecule has 0 radical (unpaired) electrons. The Kier molecular flexibility index (Phi) is 6.70. The molecule has 0 aliphatic carbocycles. The lowest BCUT2D eigenvalue weighted by Gasteiger charge is -2.12. The number of pyridine rings is 2. The van der Waals surface area contributed by atoms with Crippen LogP contribution in [0.2, 0.25) is 10.0 Å². The van der Waals surface area contributed by atoms with Gasteiger partial charge in [0.15, 0.2) is 0 Å². The van der Waals surface area contributed by atoms with Crippen molar-refractivity contribution in [1.29, 1.82) is 5.26 Å². The SMILES string of the molecule is N#Cc1c(-c2cccc3nc(C(=O)NN)ccc23)nn(-c2cccc(Cl)c2Cl)c1NCc1cccnc1. The van der Waals surface area contributed by atoms with E-state index < -0.39 is 5.91 Å². The average molecular weight is 529 g/mol. The molecule has 11 heteroatoms. The quantitative estimate of drug-likeness (QED) is 0.162. The number of amides is 1. The summed E-state index contributed by atoms with van der Waals surface area (Å²) in [6, 6.07) is 19.9. The van der Waals surface area contributed by atoms with Crippen LogP contribution in [0, 0.1) is 11.3 Å². The van der Waals surface area contributed by atoms with Crippen LogP contribution in [0.5, 0.6) is 0 Å². The van der Waals surface area contributed by atoms with E-state index >= 15 is 0 Å². The topological polar surface area (TPSA) is 135 Å². The van der Waals surface area contributed by atoms with Crippen molar-refractivity contribution in [2.45, 2.75) is 6.54 Å². The number of benzene rings is 2. The number of nitrogens with two attached hydrogens (primary N) is 1. The zero-order chi connectivity index (χ0) is 25.9. The van der Waals surface area contributed by atoms with Crippen LogP contribution in [0.15, 0.2) is 73.1 Å². The summed E-state index contributed by atoms with van der Waals surface area (Å²) in [5, 5.41) is 19.7. The largest absolute Gasteiger partial charge is 0.365 e. The number of nitrogens with one attached hydrogen (secondary N) is 2. The van der Waals surface area contributed by atoms with Gasteiger partial charge < -0.3 is 5.32 Å². The normalized spacial score (nSPS) is 10.8. The van der Waals surface area contributed by atoms with E-state index in [-0.39, 0.29) is 5.69 Å². The lowest BCUT2D eigenvalue weighted by molar-refractivity contribution is 0.0949. The molecule has 0 bridgehead atoms. The van der Waals surface area contributed by atoms with Crippen LogP contribution in [0.1, 0.15) is 21.6 Å². The molecule has 182 valence electrons. The fourth-order valence-electron chi connectivity index (χ4n) is 3.96. The van der Waals surface area contributed by atoms with E-state index in [1.807, 2.05) is 18.2 Å². The van der Waals surface area contributed by atoms with Crippen molar-refractivity contribution in [3.05, 3.63) is 99.9 Å². The zero-order valence-electron chi connectivity index (χ0n) is 19.1. The Hall–Kier alpha value is -4.49. The highest BCUT2D eigenvalue weighted by Crippen LogP contribution is 2.37. The van der Waals surface area contributed by atoms with Gasteiger partial charge in [0, 0.05) is 29.9 Å². The summed E-state index contributed by atoms with van der Waals surface area (Å²) in [6.45, 7) is 0.389. The average Bonchev–Trinajstić information content (AvgIpc) is 3.30.